The van der Waals surface area contributed by atoms with E-state index in [0.29, 0.717) is 6.61 Å². The molecule has 0 saturated heterocycles. The largest absolute Gasteiger partial charge is 0.466 e. The zero-order valence-electron chi connectivity index (χ0n) is 12.8. The molecular weight excluding hydrogens is 312 g/mol. The van der Waals surface area contributed by atoms with Crippen LogP contribution in [-0.4, -0.2) is 53.6 Å². The normalized spacial score (nSPS) is 8.42. The van der Waals surface area contributed by atoms with Gasteiger partial charge >= 0.3 is 5.97 Å². The van der Waals surface area contributed by atoms with Crippen molar-refractivity contribution in [1.82, 2.24) is 4.90 Å². The summed E-state index contributed by atoms with van der Waals surface area (Å²) >= 11 is 14.4. The molecule has 19 heavy (non-hydrogen) atoms. The Morgan fingerprint density at radius 1 is 1.05 bits per heavy atom. The number of rotatable bonds is 4. The molecule has 0 aromatic rings. The molecule has 4 nitrogen and oxygen atoms in total. The van der Waals surface area contributed by atoms with Crippen LogP contribution < -0.4 is 0 Å². The van der Waals surface area contributed by atoms with E-state index in [4.69, 9.17) is 39.9 Å². The maximum Gasteiger partial charge on any atom is 0.302 e. The topological polar surface area (TPSA) is 49.8 Å². The number of alkyl halides is 3. The monoisotopic (exact) mass is 339 g/mol. The van der Waals surface area contributed by atoms with Crippen molar-refractivity contribution in [3.05, 3.63) is 0 Å². The third-order valence-corrected chi connectivity index (χ3v) is 1.69. The summed E-state index contributed by atoms with van der Waals surface area (Å²) in [6.45, 7) is 13.8. The van der Waals surface area contributed by atoms with Crippen LogP contribution in [0.2, 0.25) is 0 Å². The number of hydrogen-bond acceptors (Lipinski definition) is 4. The minimum absolute atomic E-state index is 0.211. The molecule has 0 rings (SSSR count). The molecule has 0 atom stereocenters. The molecule has 120 valence electrons. The summed E-state index contributed by atoms with van der Waals surface area (Å²) < 4.78 is 3.65. The van der Waals surface area contributed by atoms with Crippen LogP contribution in [0.1, 0.15) is 34.6 Å². The summed E-state index contributed by atoms with van der Waals surface area (Å²) in [5.41, 5.74) is 0. The molecule has 0 aliphatic carbocycles. The van der Waals surface area contributed by atoms with Crippen molar-refractivity contribution in [2.75, 3.05) is 33.4 Å². The predicted molar refractivity (Wildman–Crippen MR) is 85.3 cm³/mol. The number of aliphatic hydroxyl groups excluding tert-OH is 1. The van der Waals surface area contributed by atoms with Crippen LogP contribution >= 0.6 is 34.8 Å². The second-order valence-corrected chi connectivity index (χ2v) is 4.77. The molecule has 0 aromatic carbocycles. The van der Waals surface area contributed by atoms with Crippen LogP contribution in [0.5, 0.6) is 0 Å². The minimum atomic E-state index is -0.750. The van der Waals surface area contributed by atoms with Gasteiger partial charge in [0.2, 0.25) is 0 Å². The summed E-state index contributed by atoms with van der Waals surface area (Å²) in [5.74, 6) is -0.211. The van der Waals surface area contributed by atoms with Crippen molar-refractivity contribution in [1.29, 1.82) is 0 Å². The van der Waals surface area contributed by atoms with Gasteiger partial charge in [0, 0.05) is 14.0 Å². The Hall–Kier alpha value is 0.260. The molecule has 0 aliphatic heterocycles. The van der Waals surface area contributed by atoms with Gasteiger partial charge in [-0.15, -0.1) is 0 Å². The molecule has 0 saturated carbocycles. The van der Waals surface area contributed by atoms with E-state index in [1.807, 2.05) is 0 Å². The highest BCUT2D eigenvalue weighted by atomic mass is 35.6. The van der Waals surface area contributed by atoms with Gasteiger partial charge in [0.15, 0.2) is 4.30 Å². The molecule has 1 N–H and O–H groups in total. The van der Waals surface area contributed by atoms with Crippen LogP contribution in [-0.2, 0) is 9.53 Å². The average Bonchev–Trinajstić information content (AvgIpc) is 2.34. The quantitative estimate of drug-likeness (QED) is 0.628. The fourth-order valence-electron chi connectivity index (χ4n) is 0.874. The maximum absolute atomic E-state index is 9.82. The number of carbonyl (C=O) groups is 1. The van der Waals surface area contributed by atoms with Gasteiger partial charge in [-0.05, 0) is 26.6 Å². The van der Waals surface area contributed by atoms with Crippen LogP contribution in [0.25, 0.3) is 0 Å². The molecule has 0 aromatic heterocycles. The first-order valence-corrected chi connectivity index (χ1v) is 7.39. The lowest BCUT2D eigenvalue weighted by atomic mass is 10.5. The zero-order chi connectivity index (χ0) is 16.3. The zero-order valence-corrected chi connectivity index (χ0v) is 15.0. The highest BCUT2D eigenvalue weighted by molar-refractivity contribution is 6.63. The molecule has 0 fully saturated rings. The van der Waals surface area contributed by atoms with Crippen molar-refractivity contribution < 1.29 is 14.6 Å². The summed E-state index contributed by atoms with van der Waals surface area (Å²) in [5, 5.41) is 7.00. The van der Waals surface area contributed by atoms with Crippen LogP contribution in [0.3, 0.4) is 0 Å². The van der Waals surface area contributed by atoms with E-state index in [0.717, 1.165) is 7.11 Å². The average molecular weight is 341 g/mol. The molecule has 0 unspecified atom stereocenters. The Kier molecular flexibility index (Phi) is 38.8. The van der Waals surface area contributed by atoms with E-state index in [1.165, 1.54) is 26.6 Å². The lowest BCUT2D eigenvalue weighted by Crippen LogP contribution is -2.21. The molecule has 0 aliphatic rings. The van der Waals surface area contributed by atoms with E-state index in [-0.39, 0.29) is 5.97 Å². The summed E-state index contributed by atoms with van der Waals surface area (Å²) in [6.07, 6.45) is 0. The lowest BCUT2D eigenvalue weighted by molar-refractivity contribution is -0.140. The third kappa shape index (κ3) is 56.3. The highest BCUT2D eigenvalue weighted by Gasteiger charge is 1.89. The van der Waals surface area contributed by atoms with Crippen molar-refractivity contribution in [3.63, 3.8) is 0 Å². The van der Waals surface area contributed by atoms with Crippen LogP contribution in [0.15, 0.2) is 0 Å². The van der Waals surface area contributed by atoms with E-state index >= 15 is 0 Å². The summed E-state index contributed by atoms with van der Waals surface area (Å²) in [4.78, 5) is 12.2. The van der Waals surface area contributed by atoms with Crippen molar-refractivity contribution in [2.24, 2.45) is 0 Å². The van der Waals surface area contributed by atoms with Gasteiger partial charge in [-0.25, -0.2) is 0 Å². The number of ether oxygens (including phenoxy) is 1. The van der Waals surface area contributed by atoms with E-state index in [1.54, 1.807) is 6.92 Å². The Bertz CT molecular complexity index is 149. The van der Waals surface area contributed by atoms with Gasteiger partial charge in [-0.2, -0.15) is 0 Å². The van der Waals surface area contributed by atoms with Crippen molar-refractivity contribution >= 4 is 40.8 Å². The number of esters is 1. The van der Waals surface area contributed by atoms with Crippen molar-refractivity contribution in [3.8, 4) is 0 Å². The minimum Gasteiger partial charge on any atom is -0.466 e. The fourth-order valence-corrected chi connectivity index (χ4v) is 0.874. The Morgan fingerprint density at radius 3 is 1.32 bits per heavy atom. The molecular formula is C12H28Cl3NO3. The Morgan fingerprint density at radius 2 is 1.32 bits per heavy atom. The molecule has 0 heterocycles. The Labute approximate surface area is 133 Å². The maximum atomic E-state index is 9.82. The number of hydrogen-bond donors (Lipinski definition) is 1. The van der Waals surface area contributed by atoms with Crippen LogP contribution in [0.4, 0.5) is 0 Å². The fraction of sp³-hybridized carbons (Fsp3) is 0.917. The summed E-state index contributed by atoms with van der Waals surface area (Å²) in [7, 11) is 1.00. The van der Waals surface area contributed by atoms with E-state index in [9.17, 15) is 4.79 Å². The second kappa shape index (κ2) is 26.8. The van der Waals surface area contributed by atoms with Gasteiger partial charge in [-0.3, -0.25) is 4.79 Å². The highest BCUT2D eigenvalue weighted by Crippen LogP contribution is 2.03. The first-order valence-electron chi connectivity index (χ1n) is 6.08. The standard InChI is InChI=1S/C6H15N.C4H8O2.CHCl3.CH4O/c1-4-7(5-2)6-3;1-3-6-4(2)5;2-1(3)4;1-2/h4-6H2,1-3H3;3H2,1-2H3;1H;2H,1H3. The van der Waals surface area contributed by atoms with E-state index < -0.39 is 4.30 Å². The second-order valence-electron chi connectivity index (χ2n) is 2.79. The number of aliphatic hydroxyl groups is 1. The number of halogens is 3. The van der Waals surface area contributed by atoms with Gasteiger partial charge in [0.25, 0.3) is 0 Å². The molecule has 0 amide bonds. The predicted octanol–water partition coefficient (Wildman–Crippen LogP) is 3.51. The summed E-state index contributed by atoms with van der Waals surface area (Å²) in [6, 6.07) is 0. The van der Waals surface area contributed by atoms with Gasteiger partial charge < -0.3 is 14.7 Å². The van der Waals surface area contributed by atoms with E-state index in [2.05, 4.69) is 30.4 Å². The molecule has 0 spiro atoms. The first kappa shape index (κ1) is 27.6. The Balaban J connectivity index is -0.0000000858. The number of nitrogens with zero attached hydrogens (tertiary/aromatic N) is 1. The number of carbonyl (C=O) groups excluding carboxylic acids is 1. The van der Waals surface area contributed by atoms with Gasteiger partial charge in [-0.1, -0.05) is 55.6 Å². The van der Waals surface area contributed by atoms with Gasteiger partial charge in [0.05, 0.1) is 6.61 Å². The first-order chi connectivity index (χ1) is 8.85. The smallest absolute Gasteiger partial charge is 0.302 e. The van der Waals surface area contributed by atoms with Crippen LogP contribution in [0, 0.1) is 0 Å². The SMILES string of the molecule is CCN(CC)CC.CCOC(C)=O.CO.ClC(Cl)Cl. The molecule has 0 radical (unpaired) electrons. The molecule has 7 heteroatoms. The lowest BCUT2D eigenvalue weighted by Gasteiger charge is -2.13. The molecule has 0 bridgehead atoms. The van der Waals surface area contributed by atoms with Crippen molar-refractivity contribution in [2.45, 2.75) is 38.9 Å². The van der Waals surface area contributed by atoms with Gasteiger partial charge in [0.1, 0.15) is 0 Å². The third-order valence-electron chi connectivity index (χ3n) is 1.69.